The number of ether oxygens (including phenoxy) is 3. The van der Waals surface area contributed by atoms with Crippen LogP contribution in [0.5, 0.6) is 17.2 Å². The second kappa shape index (κ2) is 40.7. The van der Waals surface area contributed by atoms with Crippen LogP contribution in [0.25, 0.3) is 0 Å². The number of carbonyl (C=O) groups is 5. The predicted molar refractivity (Wildman–Crippen MR) is 479 cm³/mol. The highest BCUT2D eigenvalue weighted by molar-refractivity contribution is 7.99. The van der Waals surface area contributed by atoms with E-state index in [0.29, 0.717) is 49.6 Å². The first-order valence-corrected chi connectivity index (χ1v) is 51.2. The van der Waals surface area contributed by atoms with Crippen LogP contribution in [0, 0.1) is 21.7 Å². The minimum absolute atomic E-state index is 0.0197. The summed E-state index contributed by atoms with van der Waals surface area (Å²) in [6.45, 7) is 9.77. The van der Waals surface area contributed by atoms with E-state index in [0.717, 1.165) is 175 Å². The smallest absolute Gasteiger partial charge is 0.265 e. The lowest BCUT2D eigenvalue weighted by atomic mass is 9.77. The number of piperidine rings is 5. The van der Waals surface area contributed by atoms with Gasteiger partial charge in [-0.3, -0.25) is 44.8 Å². The molecule has 30 nitrogen and oxygen atoms in total. The number of hydrogen-bond donors (Lipinski definition) is 13. The summed E-state index contributed by atoms with van der Waals surface area (Å²) >= 11 is 1.51. The fourth-order valence-electron chi connectivity index (χ4n) is 21.7. The maximum atomic E-state index is 13.7. The third-order valence-corrected chi connectivity index (χ3v) is 40.1. The zero-order valence-corrected chi connectivity index (χ0v) is 76.8. The largest absolute Gasteiger partial charge is 0.497 e. The number of carbonyl (C=O) groups excluding carboxylic acids is 5. The number of nitrogens with one attached hydrogen (secondary N) is 9. The van der Waals surface area contributed by atoms with Gasteiger partial charge in [0.2, 0.25) is 0 Å². The molecule has 5 aliphatic carbocycles. The van der Waals surface area contributed by atoms with Crippen molar-refractivity contribution in [3.63, 3.8) is 0 Å². The lowest BCUT2D eigenvalue weighted by Crippen LogP contribution is -2.51. The Labute approximate surface area is 750 Å². The molecule has 5 heterocycles. The molecule has 4 unspecified atom stereocenters. The van der Waals surface area contributed by atoms with Crippen molar-refractivity contribution in [2.24, 2.45) is 21.7 Å². The molecule has 10 aliphatic rings. The van der Waals surface area contributed by atoms with Gasteiger partial charge in [0.25, 0.3) is 23.6 Å². The number of benzene rings is 6. The van der Waals surface area contributed by atoms with Crippen LogP contribution in [0.15, 0.2) is 175 Å². The predicted octanol–water partition coefficient (Wildman–Crippen LogP) is 11.5. The molecule has 692 valence electrons. The number of hydrogen-bond acceptors (Lipinski definition) is 27. The van der Waals surface area contributed by atoms with E-state index in [4.69, 9.17) is 14.2 Å². The fourth-order valence-corrected chi connectivity index (χ4v) is 30.9. The maximum absolute atomic E-state index is 13.7. The summed E-state index contributed by atoms with van der Waals surface area (Å²) < 4.78 is 120. The van der Waals surface area contributed by atoms with E-state index in [1.54, 1.807) is 121 Å². The van der Waals surface area contributed by atoms with Gasteiger partial charge in [-0.25, -0.2) is 55.6 Å². The topological polar surface area (TPSA) is 442 Å². The van der Waals surface area contributed by atoms with Gasteiger partial charge in [0.05, 0.1) is 32.8 Å². The lowest BCUT2D eigenvalue weighted by molar-refractivity contribution is -0.132. The van der Waals surface area contributed by atoms with E-state index >= 15 is 0 Å². The molecule has 13 N–H and O–H groups in total. The molecule has 0 aromatic heterocycles. The Hall–Kier alpha value is -8.14. The highest BCUT2D eigenvalue weighted by atomic mass is 32.2. The number of Topliss-reactive ketones (excluding diaryl/α,β-unsaturated/α-hetero) is 1. The molecular weight excluding hydrogens is 1730 g/mol. The SMILES string of the molecule is CC(=O)Cc1ccc(Oc2ccc(S(=O)(=O)C3(C(=O)NO)CCC4(CCNCC4)C3)cc2)cc1.COC1CCN(c2ccc(S(=O)(=O)C3(C(=O)NO)CCC4(CCNCC4)C3)cc2)CC1.COc1ccc(Sc2ccc(S(=O)(=O)C3(C(=O)NO)CCC4(CCNCC4)C3)cc2)cc1.O=C(NO)C1(S(=O)(=O)c2ccc(NC3CCCCC3)cc2)CCC2(CCNCC2)C1. The molecule has 127 heavy (non-hydrogen) atoms. The van der Waals surface area contributed by atoms with Crippen molar-refractivity contribution in [3.8, 4) is 17.2 Å². The molecule has 5 saturated carbocycles. The first-order chi connectivity index (χ1) is 60.8. The van der Waals surface area contributed by atoms with Crippen LogP contribution >= 0.6 is 11.8 Å². The highest BCUT2D eigenvalue weighted by Gasteiger charge is 2.65. The number of anilines is 2. The Morgan fingerprint density at radius 1 is 0.394 bits per heavy atom. The van der Waals surface area contributed by atoms with Crippen molar-refractivity contribution in [2.45, 2.75) is 247 Å². The molecule has 0 radical (unpaired) electrons. The summed E-state index contributed by atoms with van der Waals surface area (Å²) in [5.41, 5.74) is 8.63. The number of hydroxylamine groups is 4. The molecule has 6 aromatic rings. The second-order valence-electron chi connectivity index (χ2n) is 36.7. The van der Waals surface area contributed by atoms with E-state index in [1.807, 2.05) is 48.5 Å². The van der Waals surface area contributed by atoms with Gasteiger partial charge in [0.15, 0.2) is 58.3 Å². The van der Waals surface area contributed by atoms with Crippen LogP contribution < -0.4 is 62.9 Å². The summed E-state index contributed by atoms with van der Waals surface area (Å²) in [7, 11) is -12.7. The number of rotatable bonds is 23. The van der Waals surface area contributed by atoms with Crippen LogP contribution in [0.1, 0.15) is 186 Å². The summed E-state index contributed by atoms with van der Waals surface area (Å²) in [5.74, 6) is -1.46. The maximum Gasteiger partial charge on any atom is 0.265 e. The number of sulfone groups is 4. The second-order valence-corrected chi connectivity index (χ2v) is 46.9. The minimum atomic E-state index is -4.07. The number of ketones is 1. The molecule has 4 amide bonds. The minimum Gasteiger partial charge on any atom is -0.497 e. The summed E-state index contributed by atoms with van der Waals surface area (Å²) in [6, 6.07) is 41.4. The Bertz CT molecular complexity index is 5280. The molecule has 4 atom stereocenters. The molecule has 10 fully saturated rings. The van der Waals surface area contributed by atoms with E-state index in [-0.39, 0.29) is 104 Å². The molecule has 6 aromatic carbocycles. The van der Waals surface area contributed by atoms with Crippen molar-refractivity contribution in [1.82, 2.24) is 43.2 Å². The third-order valence-electron chi connectivity index (χ3n) is 29.3. The molecule has 4 spiro atoms. The Morgan fingerprint density at radius 2 is 0.701 bits per heavy atom. The Kier molecular flexibility index (Phi) is 30.9. The summed E-state index contributed by atoms with van der Waals surface area (Å²) in [4.78, 5) is 66.8. The lowest BCUT2D eigenvalue weighted by Gasteiger charge is -2.36. The number of nitrogens with zero attached hydrogens (tertiary/aromatic N) is 1. The first kappa shape index (κ1) is 96.4. The van der Waals surface area contributed by atoms with Crippen LogP contribution in [-0.2, 0) is 74.5 Å². The fraction of sp³-hybridized carbons (Fsp3) is 0.554. The van der Waals surface area contributed by atoms with E-state index in [9.17, 15) is 78.5 Å². The van der Waals surface area contributed by atoms with Crippen LogP contribution in [-0.4, -0.2) is 195 Å². The van der Waals surface area contributed by atoms with E-state index in [2.05, 4.69) is 31.5 Å². The Balaban J connectivity index is 0.000000145. The zero-order chi connectivity index (χ0) is 90.6. The van der Waals surface area contributed by atoms with Crippen LogP contribution in [0.3, 0.4) is 0 Å². The van der Waals surface area contributed by atoms with Gasteiger partial charge < -0.3 is 45.7 Å². The van der Waals surface area contributed by atoms with Crippen molar-refractivity contribution < 1.29 is 92.7 Å². The van der Waals surface area contributed by atoms with Crippen molar-refractivity contribution >= 4 is 91.9 Å². The van der Waals surface area contributed by atoms with Crippen molar-refractivity contribution in [3.05, 3.63) is 151 Å². The Morgan fingerprint density at radius 3 is 1.02 bits per heavy atom. The quantitative estimate of drug-likeness (QED) is 0.0209. The molecule has 0 bridgehead atoms. The monoisotopic (exact) mass is 1850 g/mol. The molecule has 5 aliphatic heterocycles. The van der Waals surface area contributed by atoms with Gasteiger partial charge in [-0.1, -0.05) is 43.2 Å². The molecule has 16 rings (SSSR count). The molecule has 5 saturated heterocycles. The van der Waals surface area contributed by atoms with Gasteiger partial charge in [0, 0.05) is 53.8 Å². The zero-order valence-electron chi connectivity index (χ0n) is 72.7. The molecular formula is C92H124N10O20S5. The van der Waals surface area contributed by atoms with Crippen LogP contribution in [0.4, 0.5) is 11.4 Å². The van der Waals surface area contributed by atoms with Crippen molar-refractivity contribution in [1.29, 1.82) is 0 Å². The van der Waals surface area contributed by atoms with Crippen LogP contribution in [0.2, 0.25) is 0 Å². The first-order valence-electron chi connectivity index (χ1n) is 44.4. The van der Waals surface area contributed by atoms with Gasteiger partial charge in [-0.15, -0.1) is 0 Å². The number of amides is 4. The van der Waals surface area contributed by atoms with Gasteiger partial charge in [0.1, 0.15) is 23.0 Å². The summed E-state index contributed by atoms with van der Waals surface area (Å²) in [5, 5.41) is 54.4. The van der Waals surface area contributed by atoms with Crippen molar-refractivity contribution in [2.75, 3.05) is 89.9 Å². The summed E-state index contributed by atoms with van der Waals surface area (Å²) in [6.07, 6.45) is 19.6. The average Bonchev–Trinajstić information content (AvgIpc) is 1.61. The normalized spacial score (nSPS) is 24.5. The molecule has 35 heteroatoms. The van der Waals surface area contributed by atoms with E-state index in [1.165, 1.54) is 50.1 Å². The third kappa shape index (κ3) is 20.5. The standard InChI is InChI=1S/C25H30N2O6S.C23H28N2O5S2.C22H33N3O5S.C22H33N3O4S/c1-18(28)16-19-2-4-20(5-3-19)33-21-6-8-22(9-7-21)34(31,32)25(23(29)27-30)11-10-24(17-25)12-14-26-15-13-24;1-30-17-2-4-18(5-3-17)31-19-6-8-20(9-7-19)32(28,29)23(21(26)25-27)11-10-22(16-23)12-14-24-15-13-22;1-30-18-6-14-25(15-7-18)17-2-4-19(5-3-17)31(28,29)22(20(26)24-27)9-8-21(16-22)10-12-23-13-11-21;26-20(25-27)22(11-10-21(16-22)12-14-23-15-13-21)30(28,29)19-8-6-18(7-9-19)24-17-4-2-1-3-5-17/h2-9,26,30H,10-17H2,1H3,(H,27,29);2-9,24,27H,10-16H2,1H3,(H,25,26);2-5,18,23,27H,6-16H2,1H3,(H,24,26);6-9,17,23-24,27H,1-5,10-16H2,(H,25,26). The average molecular weight is 1850 g/mol. The van der Waals surface area contributed by atoms with Gasteiger partial charge in [-0.2, -0.15) is 0 Å². The van der Waals surface area contributed by atoms with E-state index < -0.39 is 82.0 Å². The van der Waals surface area contributed by atoms with Gasteiger partial charge >= 0.3 is 0 Å². The highest BCUT2D eigenvalue weighted by Crippen LogP contribution is 2.59. The number of methoxy groups -OCH3 is 2. The van der Waals surface area contributed by atoms with Gasteiger partial charge in [-0.05, 0) is 374 Å².